The number of aryl methyl sites for hydroxylation is 1. The summed E-state index contributed by atoms with van der Waals surface area (Å²) in [6.07, 6.45) is 2.05. The van der Waals surface area contributed by atoms with Crippen LogP contribution in [0, 0.1) is 11.6 Å². The second-order valence-corrected chi connectivity index (χ2v) is 9.13. The van der Waals surface area contributed by atoms with E-state index in [0.29, 0.717) is 55.8 Å². The van der Waals surface area contributed by atoms with Gasteiger partial charge in [0, 0.05) is 56.9 Å². The molecule has 1 aliphatic carbocycles. The fraction of sp³-hybridized carbons (Fsp3) is 0.400. The number of ether oxygens (including phenoxy) is 1. The van der Waals surface area contributed by atoms with Crippen LogP contribution in [0.5, 0.6) is 5.75 Å². The number of anilines is 1. The zero-order valence-electron chi connectivity index (χ0n) is 19.1. The molecule has 0 spiro atoms. The third-order valence-electron chi connectivity index (χ3n) is 6.76. The Balaban J connectivity index is 1.41. The molecule has 0 atom stereocenters. The third kappa shape index (κ3) is 4.49. The van der Waals surface area contributed by atoms with Gasteiger partial charge in [-0.1, -0.05) is 0 Å². The summed E-state index contributed by atoms with van der Waals surface area (Å²) in [5.74, 6) is -0.887. The molecule has 6 nitrogen and oxygen atoms in total. The molecule has 0 N–H and O–H groups in total. The Morgan fingerprint density at radius 2 is 1.86 bits per heavy atom. The highest BCUT2D eigenvalue weighted by atomic mass is 19.3. The summed E-state index contributed by atoms with van der Waals surface area (Å²) < 4.78 is 61.8. The molecule has 1 saturated heterocycles. The van der Waals surface area contributed by atoms with E-state index in [2.05, 4.69) is 9.97 Å². The van der Waals surface area contributed by atoms with Crippen LogP contribution in [0.15, 0.2) is 47.5 Å². The average molecular weight is 488 g/mol. The molecule has 3 heterocycles. The lowest BCUT2D eigenvalue weighted by atomic mass is 10.0. The number of piperidine rings is 1. The summed E-state index contributed by atoms with van der Waals surface area (Å²) in [6, 6.07) is 6.23. The van der Waals surface area contributed by atoms with Crippen LogP contribution in [0.3, 0.4) is 0 Å². The number of nitrogens with zero attached hydrogens (tertiary/aromatic N) is 4. The molecule has 10 heteroatoms. The molecule has 1 aromatic carbocycles. The maximum Gasteiger partial charge on any atom is 0.250 e. The van der Waals surface area contributed by atoms with Crippen molar-refractivity contribution in [2.75, 3.05) is 18.0 Å². The van der Waals surface area contributed by atoms with Gasteiger partial charge in [0.05, 0.1) is 17.3 Å². The van der Waals surface area contributed by atoms with Crippen LogP contribution in [0.4, 0.5) is 23.4 Å². The monoisotopic (exact) mass is 488 g/mol. The maximum absolute atomic E-state index is 14.0. The van der Waals surface area contributed by atoms with E-state index in [0.717, 1.165) is 12.1 Å². The highest BCUT2D eigenvalue weighted by Crippen LogP contribution is 2.52. The second kappa shape index (κ2) is 8.98. The molecule has 2 aliphatic rings. The van der Waals surface area contributed by atoms with Crippen molar-refractivity contribution in [1.82, 2.24) is 14.5 Å². The molecule has 0 radical (unpaired) electrons. The van der Waals surface area contributed by atoms with Crippen LogP contribution in [0.2, 0.25) is 0 Å². The summed E-state index contributed by atoms with van der Waals surface area (Å²) in [5.41, 5.74) is -0.162. The first-order valence-electron chi connectivity index (χ1n) is 11.5. The van der Waals surface area contributed by atoms with Gasteiger partial charge in [-0.2, -0.15) is 0 Å². The number of rotatable bonds is 6. The van der Waals surface area contributed by atoms with E-state index in [-0.39, 0.29) is 23.1 Å². The van der Waals surface area contributed by atoms with Crippen LogP contribution in [0.1, 0.15) is 31.4 Å². The SMILES string of the molecule is Cn1cc(-c2nc(C3(C(F)F)CC3)cnc2N2CCC(Oc3ccc(F)cc3F)CC2)ccc1=O. The van der Waals surface area contributed by atoms with Crippen LogP contribution in [0.25, 0.3) is 11.3 Å². The summed E-state index contributed by atoms with van der Waals surface area (Å²) in [7, 11) is 1.61. The Bertz CT molecular complexity index is 1300. The minimum Gasteiger partial charge on any atom is -0.487 e. The highest BCUT2D eigenvalue weighted by Gasteiger charge is 2.54. The van der Waals surface area contributed by atoms with E-state index in [1.807, 2.05) is 4.90 Å². The smallest absolute Gasteiger partial charge is 0.250 e. The van der Waals surface area contributed by atoms with Gasteiger partial charge in [-0.25, -0.2) is 27.5 Å². The average Bonchev–Trinajstić information content (AvgIpc) is 3.65. The molecule has 0 unspecified atom stereocenters. The molecule has 3 aromatic rings. The molecule has 2 aromatic heterocycles. The number of benzene rings is 1. The largest absolute Gasteiger partial charge is 0.487 e. The van der Waals surface area contributed by atoms with Gasteiger partial charge in [0.1, 0.15) is 17.6 Å². The number of pyridine rings is 1. The molecular formula is C25H24F4N4O2. The lowest BCUT2D eigenvalue weighted by Crippen LogP contribution is -2.39. The standard InChI is InChI=1S/C25H24F4N4O2/c1-32-14-15(2-5-21(32)34)22-23(30-13-20(31-22)25(8-9-25)24(28)29)33-10-6-17(7-11-33)35-19-4-3-16(26)12-18(19)27/h2-5,12-14,17,24H,6-11H2,1H3. The summed E-state index contributed by atoms with van der Waals surface area (Å²) in [4.78, 5) is 23.1. The van der Waals surface area contributed by atoms with E-state index in [4.69, 9.17) is 4.74 Å². The summed E-state index contributed by atoms with van der Waals surface area (Å²) in [6.45, 7) is 1.03. The highest BCUT2D eigenvalue weighted by molar-refractivity contribution is 5.72. The normalized spacial score (nSPS) is 17.6. The fourth-order valence-electron chi connectivity index (χ4n) is 4.44. The van der Waals surface area contributed by atoms with Gasteiger partial charge in [0.2, 0.25) is 12.0 Å². The zero-order valence-corrected chi connectivity index (χ0v) is 19.1. The number of hydrogen-bond donors (Lipinski definition) is 0. The Kier molecular flexibility index (Phi) is 5.98. The van der Waals surface area contributed by atoms with Crippen molar-refractivity contribution >= 4 is 5.82 Å². The van der Waals surface area contributed by atoms with Crippen molar-refractivity contribution in [2.24, 2.45) is 7.05 Å². The van der Waals surface area contributed by atoms with Crippen LogP contribution in [-0.2, 0) is 12.5 Å². The van der Waals surface area contributed by atoms with E-state index >= 15 is 0 Å². The number of aromatic nitrogens is 3. The predicted molar refractivity (Wildman–Crippen MR) is 122 cm³/mol. The molecular weight excluding hydrogens is 464 g/mol. The molecule has 5 rings (SSSR count). The van der Waals surface area contributed by atoms with Crippen molar-refractivity contribution in [1.29, 1.82) is 0 Å². The third-order valence-corrected chi connectivity index (χ3v) is 6.76. The van der Waals surface area contributed by atoms with Gasteiger partial charge < -0.3 is 14.2 Å². The fourth-order valence-corrected chi connectivity index (χ4v) is 4.44. The van der Waals surface area contributed by atoms with Crippen molar-refractivity contribution in [3.63, 3.8) is 0 Å². The first-order valence-corrected chi connectivity index (χ1v) is 11.5. The van der Waals surface area contributed by atoms with Gasteiger partial charge in [0.25, 0.3) is 0 Å². The van der Waals surface area contributed by atoms with Crippen molar-refractivity contribution < 1.29 is 22.3 Å². The van der Waals surface area contributed by atoms with E-state index in [9.17, 15) is 22.4 Å². The van der Waals surface area contributed by atoms with Gasteiger partial charge in [-0.05, 0) is 31.0 Å². The molecule has 0 amide bonds. The zero-order chi connectivity index (χ0) is 24.7. The number of hydrogen-bond acceptors (Lipinski definition) is 5. The van der Waals surface area contributed by atoms with Gasteiger partial charge in [-0.3, -0.25) is 4.79 Å². The van der Waals surface area contributed by atoms with Gasteiger partial charge in [0.15, 0.2) is 17.4 Å². The molecule has 184 valence electrons. The quantitative estimate of drug-likeness (QED) is 0.480. The number of halogens is 4. The topological polar surface area (TPSA) is 60.3 Å². The molecule has 0 bridgehead atoms. The van der Waals surface area contributed by atoms with E-state index in [1.54, 1.807) is 19.3 Å². The maximum atomic E-state index is 14.0. The molecule has 35 heavy (non-hydrogen) atoms. The lowest BCUT2D eigenvalue weighted by Gasteiger charge is -2.34. The summed E-state index contributed by atoms with van der Waals surface area (Å²) in [5, 5.41) is 0. The minimum atomic E-state index is -2.53. The van der Waals surface area contributed by atoms with Crippen LogP contribution in [-0.4, -0.2) is 40.2 Å². The first kappa shape index (κ1) is 23.3. The van der Waals surface area contributed by atoms with E-state index < -0.39 is 23.5 Å². The summed E-state index contributed by atoms with van der Waals surface area (Å²) >= 11 is 0. The Labute approximate surface area is 199 Å². The Morgan fingerprint density at radius 3 is 2.49 bits per heavy atom. The first-order chi connectivity index (χ1) is 16.8. The lowest BCUT2D eigenvalue weighted by molar-refractivity contribution is 0.0997. The Hall–Kier alpha value is -3.43. The molecule has 1 aliphatic heterocycles. The van der Waals surface area contributed by atoms with Crippen LogP contribution >= 0.6 is 0 Å². The van der Waals surface area contributed by atoms with E-state index in [1.165, 1.54) is 22.9 Å². The minimum absolute atomic E-state index is 0.00150. The van der Waals surface area contributed by atoms with Gasteiger partial charge >= 0.3 is 0 Å². The van der Waals surface area contributed by atoms with Crippen molar-refractivity contribution in [2.45, 2.75) is 43.6 Å². The van der Waals surface area contributed by atoms with Gasteiger partial charge in [-0.15, -0.1) is 0 Å². The number of alkyl halides is 2. The Morgan fingerprint density at radius 1 is 1.11 bits per heavy atom. The molecule has 2 fully saturated rings. The predicted octanol–water partition coefficient (Wildman–Crippen LogP) is 4.47. The van der Waals surface area contributed by atoms with Crippen molar-refractivity contribution in [3.05, 3.63) is 70.4 Å². The van der Waals surface area contributed by atoms with Crippen molar-refractivity contribution in [3.8, 4) is 17.0 Å². The van der Waals surface area contributed by atoms with Crippen LogP contribution < -0.4 is 15.2 Å². The molecule has 1 saturated carbocycles. The second-order valence-electron chi connectivity index (χ2n) is 9.13.